The fourth-order valence-electron chi connectivity index (χ4n) is 2.78. The number of likely N-dealkylation sites (tertiary alicyclic amines) is 1. The molecule has 0 saturated carbocycles. The van der Waals surface area contributed by atoms with E-state index in [-0.39, 0.29) is 0 Å². The molecule has 1 N–H and O–H groups in total. The van der Waals surface area contributed by atoms with Gasteiger partial charge in [-0.2, -0.15) is 11.3 Å². The maximum Gasteiger partial charge on any atom is 0.312 e. The highest BCUT2D eigenvalue weighted by molar-refractivity contribution is 7.08. The van der Waals surface area contributed by atoms with Crippen molar-refractivity contribution in [2.45, 2.75) is 25.7 Å². The average Bonchev–Trinajstić information content (AvgIpc) is 2.91. The van der Waals surface area contributed by atoms with Crippen molar-refractivity contribution < 1.29 is 14.2 Å². The number of nitrogens with zero attached hydrogens (tertiary/aromatic N) is 1. The Kier molecular flexibility index (Phi) is 5.73. The van der Waals surface area contributed by atoms with E-state index in [2.05, 4.69) is 44.0 Å². The Morgan fingerprint density at radius 2 is 2.05 bits per heavy atom. The van der Waals surface area contributed by atoms with E-state index >= 15 is 0 Å². The minimum Gasteiger partial charge on any atom is -0.331 e. The standard InChI is InChI=1S/C17H27N2OS/c1-19(2,3)11-4-5-17(20)18-9-6-15(7-10-18)13-16-8-12-21-14-16/h8,12-14H,4-7,9-11H2,1-3H3/q+1/p+1. The third-order valence-electron chi connectivity index (χ3n) is 4.04. The molecule has 1 fully saturated rings. The van der Waals surface area contributed by atoms with Crippen molar-refractivity contribution in [1.29, 1.82) is 0 Å². The Morgan fingerprint density at radius 3 is 2.62 bits per heavy atom. The minimum atomic E-state index is 0.415. The first kappa shape index (κ1) is 16.4. The van der Waals surface area contributed by atoms with E-state index in [1.54, 1.807) is 11.3 Å². The smallest absolute Gasteiger partial charge is 0.312 e. The first-order chi connectivity index (χ1) is 9.94. The summed E-state index contributed by atoms with van der Waals surface area (Å²) in [6.45, 7) is 3.01. The van der Waals surface area contributed by atoms with Crippen molar-refractivity contribution >= 4 is 23.3 Å². The molecule has 21 heavy (non-hydrogen) atoms. The molecule has 0 radical (unpaired) electrons. The summed E-state index contributed by atoms with van der Waals surface area (Å²) < 4.78 is 0.941. The number of rotatable bonds is 5. The van der Waals surface area contributed by atoms with Crippen molar-refractivity contribution in [2.75, 3.05) is 40.8 Å². The number of quaternary nitrogens is 2. The van der Waals surface area contributed by atoms with E-state index in [9.17, 15) is 4.79 Å². The SMILES string of the molecule is C[N+](C)(C)CCCC(=O)[NH+]1CCC(=Cc2ccsc2)CC1. The lowest BCUT2D eigenvalue weighted by Gasteiger charge is -2.25. The molecule has 2 heterocycles. The van der Waals surface area contributed by atoms with Gasteiger partial charge >= 0.3 is 5.91 Å². The van der Waals surface area contributed by atoms with Crippen LogP contribution in [0.4, 0.5) is 0 Å². The van der Waals surface area contributed by atoms with Crippen LogP contribution in [0.3, 0.4) is 0 Å². The second-order valence-electron chi connectivity index (χ2n) is 7.00. The quantitative estimate of drug-likeness (QED) is 0.823. The van der Waals surface area contributed by atoms with Gasteiger partial charge in [-0.05, 0) is 22.4 Å². The molecular weight excluding hydrogens is 280 g/mol. The number of carbonyl (C=O) groups excluding carboxylic acids is 1. The van der Waals surface area contributed by atoms with Gasteiger partial charge in [-0.1, -0.05) is 11.6 Å². The molecule has 0 unspecified atom stereocenters. The highest BCUT2D eigenvalue weighted by Crippen LogP contribution is 2.16. The average molecular weight is 308 g/mol. The summed E-state index contributed by atoms with van der Waals surface area (Å²) in [5, 5.41) is 4.30. The Bertz CT molecular complexity index is 475. The maximum atomic E-state index is 12.2. The van der Waals surface area contributed by atoms with Crippen LogP contribution in [0.25, 0.3) is 6.08 Å². The molecule has 1 aromatic rings. The Hall–Kier alpha value is -0.970. The summed E-state index contributed by atoms with van der Waals surface area (Å²) in [7, 11) is 6.54. The van der Waals surface area contributed by atoms with Crippen molar-refractivity contribution in [1.82, 2.24) is 0 Å². The lowest BCUT2D eigenvalue weighted by Crippen LogP contribution is -3.15. The number of nitrogens with one attached hydrogen (secondary N) is 1. The summed E-state index contributed by atoms with van der Waals surface area (Å²) in [5.74, 6) is 0.415. The zero-order valence-corrected chi connectivity index (χ0v) is 14.3. The van der Waals surface area contributed by atoms with Crippen LogP contribution in [0.15, 0.2) is 22.4 Å². The van der Waals surface area contributed by atoms with Crippen molar-refractivity contribution in [3.05, 3.63) is 28.0 Å². The van der Waals surface area contributed by atoms with Gasteiger partial charge in [0.05, 0.1) is 47.2 Å². The Labute approximate surface area is 132 Å². The van der Waals surface area contributed by atoms with Crippen LogP contribution in [-0.2, 0) is 4.79 Å². The van der Waals surface area contributed by atoms with E-state index in [1.165, 1.54) is 16.0 Å². The number of carbonyl (C=O) groups is 1. The van der Waals surface area contributed by atoms with Gasteiger partial charge in [0.25, 0.3) is 0 Å². The maximum absolute atomic E-state index is 12.2. The van der Waals surface area contributed by atoms with Crippen LogP contribution in [0, 0.1) is 0 Å². The van der Waals surface area contributed by atoms with Crippen molar-refractivity contribution in [3.8, 4) is 0 Å². The van der Waals surface area contributed by atoms with Crippen LogP contribution in [-0.4, -0.2) is 51.2 Å². The molecule has 1 aromatic heterocycles. The van der Waals surface area contributed by atoms with Crippen LogP contribution < -0.4 is 4.90 Å². The molecule has 0 spiro atoms. The summed E-state index contributed by atoms with van der Waals surface area (Å²) in [4.78, 5) is 13.4. The molecule has 0 aliphatic carbocycles. The predicted molar refractivity (Wildman–Crippen MR) is 89.4 cm³/mol. The summed E-state index contributed by atoms with van der Waals surface area (Å²) in [6, 6.07) is 2.16. The molecule has 2 rings (SSSR count). The van der Waals surface area contributed by atoms with Gasteiger partial charge in [0.15, 0.2) is 0 Å². The topological polar surface area (TPSA) is 21.5 Å². The highest BCUT2D eigenvalue weighted by Gasteiger charge is 2.24. The number of hydrogen-bond donors (Lipinski definition) is 1. The molecule has 0 bridgehead atoms. The van der Waals surface area contributed by atoms with Crippen molar-refractivity contribution in [2.24, 2.45) is 0 Å². The van der Waals surface area contributed by atoms with E-state index in [4.69, 9.17) is 0 Å². The van der Waals surface area contributed by atoms with Gasteiger partial charge in [0.1, 0.15) is 0 Å². The number of piperidine rings is 1. The van der Waals surface area contributed by atoms with E-state index in [1.807, 2.05) is 0 Å². The molecule has 1 aliphatic heterocycles. The van der Waals surface area contributed by atoms with Crippen LogP contribution >= 0.6 is 11.3 Å². The van der Waals surface area contributed by atoms with Crippen LogP contribution in [0.1, 0.15) is 31.2 Å². The third kappa shape index (κ3) is 5.73. The first-order valence-corrected chi connectivity index (χ1v) is 8.78. The van der Waals surface area contributed by atoms with Gasteiger partial charge in [-0.3, -0.25) is 4.90 Å². The van der Waals surface area contributed by atoms with E-state index in [0.717, 1.165) is 49.8 Å². The molecule has 1 saturated heterocycles. The summed E-state index contributed by atoms with van der Waals surface area (Å²) in [5.41, 5.74) is 2.81. The fraction of sp³-hybridized carbons (Fsp3) is 0.588. The molecule has 1 amide bonds. The van der Waals surface area contributed by atoms with Crippen LogP contribution in [0.5, 0.6) is 0 Å². The molecule has 116 valence electrons. The van der Waals surface area contributed by atoms with Gasteiger partial charge in [-0.15, -0.1) is 0 Å². The molecule has 1 aliphatic rings. The Morgan fingerprint density at radius 1 is 1.33 bits per heavy atom. The third-order valence-corrected chi connectivity index (χ3v) is 4.74. The highest BCUT2D eigenvalue weighted by atomic mass is 32.1. The van der Waals surface area contributed by atoms with Crippen molar-refractivity contribution in [3.63, 3.8) is 0 Å². The molecule has 0 aromatic carbocycles. The molecule has 4 heteroatoms. The van der Waals surface area contributed by atoms with E-state index in [0.29, 0.717) is 5.91 Å². The monoisotopic (exact) mass is 308 g/mol. The Balaban J connectivity index is 1.74. The molecule has 0 atom stereocenters. The van der Waals surface area contributed by atoms with Gasteiger partial charge in [0.2, 0.25) is 0 Å². The summed E-state index contributed by atoms with van der Waals surface area (Å²) >= 11 is 1.74. The molecule has 3 nitrogen and oxygen atoms in total. The second kappa shape index (κ2) is 7.34. The lowest BCUT2D eigenvalue weighted by molar-refractivity contribution is -0.870. The zero-order valence-electron chi connectivity index (χ0n) is 13.5. The van der Waals surface area contributed by atoms with Gasteiger partial charge in [0, 0.05) is 19.3 Å². The van der Waals surface area contributed by atoms with Gasteiger partial charge < -0.3 is 4.48 Å². The molecular formula is C17H28N2OS+2. The fourth-order valence-corrected chi connectivity index (χ4v) is 3.40. The second-order valence-corrected chi connectivity index (χ2v) is 7.78. The first-order valence-electron chi connectivity index (χ1n) is 7.84. The van der Waals surface area contributed by atoms with E-state index < -0.39 is 0 Å². The number of thiophene rings is 1. The largest absolute Gasteiger partial charge is 0.331 e. The number of amides is 1. The summed E-state index contributed by atoms with van der Waals surface area (Å²) in [6.07, 6.45) is 6.16. The normalized spacial score (nSPS) is 19.6. The van der Waals surface area contributed by atoms with Gasteiger partial charge in [-0.25, -0.2) is 4.79 Å². The van der Waals surface area contributed by atoms with Crippen LogP contribution in [0.2, 0.25) is 0 Å². The predicted octanol–water partition coefficient (Wildman–Crippen LogP) is 1.82. The zero-order chi connectivity index (χ0) is 15.3. The minimum absolute atomic E-state index is 0.415. The lowest BCUT2D eigenvalue weighted by atomic mass is 10.0. The number of hydrogen-bond acceptors (Lipinski definition) is 2.